The quantitative estimate of drug-likeness (QED) is 0.642. The first kappa shape index (κ1) is 20.9. The van der Waals surface area contributed by atoms with Crippen LogP contribution in [0.5, 0.6) is 0 Å². The van der Waals surface area contributed by atoms with Crippen molar-refractivity contribution in [1.82, 2.24) is 15.6 Å². The van der Waals surface area contributed by atoms with Crippen LogP contribution in [-0.2, 0) is 10.2 Å². The lowest BCUT2D eigenvalue weighted by Crippen LogP contribution is -2.58. The first-order chi connectivity index (χ1) is 15.2. The molecule has 0 fully saturated rings. The van der Waals surface area contributed by atoms with Gasteiger partial charge >= 0.3 is 0 Å². The van der Waals surface area contributed by atoms with E-state index in [0.717, 1.165) is 39.2 Å². The number of halogens is 1. The maximum Gasteiger partial charge on any atom is 0.250 e. The molecular weight excluding hydrogens is 422 g/mol. The zero-order chi connectivity index (χ0) is 22.7. The molecule has 0 saturated heterocycles. The molecule has 2 aromatic rings. The molecule has 4 heterocycles. The Morgan fingerprint density at radius 1 is 1.19 bits per heavy atom. The molecule has 1 unspecified atom stereocenters. The number of azo groups is 1. The monoisotopic (exact) mass is 447 g/mol. The van der Waals surface area contributed by atoms with Crippen molar-refractivity contribution < 1.29 is 4.79 Å². The van der Waals surface area contributed by atoms with E-state index in [-0.39, 0.29) is 17.6 Å². The van der Waals surface area contributed by atoms with Crippen molar-refractivity contribution in [1.29, 1.82) is 0 Å². The third-order valence-corrected chi connectivity index (χ3v) is 6.95. The van der Waals surface area contributed by atoms with E-state index in [2.05, 4.69) is 57.0 Å². The molecule has 6 nitrogen and oxygen atoms in total. The molecule has 7 heteroatoms. The number of fused-ring (bicyclic) bond motifs is 1. The van der Waals surface area contributed by atoms with Crippen LogP contribution < -0.4 is 10.6 Å². The topological polar surface area (TPSA) is 78.7 Å². The summed E-state index contributed by atoms with van der Waals surface area (Å²) in [7, 11) is 0. The van der Waals surface area contributed by atoms with Gasteiger partial charge in [0.2, 0.25) is 0 Å². The zero-order valence-corrected chi connectivity index (χ0v) is 19.4. The third kappa shape index (κ3) is 3.08. The molecule has 0 bridgehead atoms. The normalized spacial score (nSPS) is 25.9. The van der Waals surface area contributed by atoms with Crippen LogP contribution in [0.4, 0.5) is 0 Å². The van der Waals surface area contributed by atoms with Gasteiger partial charge in [0, 0.05) is 35.1 Å². The Morgan fingerprint density at radius 3 is 2.72 bits per heavy atom. The van der Waals surface area contributed by atoms with E-state index >= 15 is 0 Å². The minimum absolute atomic E-state index is 0.0712. The molecule has 0 aliphatic carbocycles. The molecule has 2 atom stereocenters. The number of rotatable bonds is 3. The van der Waals surface area contributed by atoms with E-state index in [0.29, 0.717) is 18.0 Å². The highest BCUT2D eigenvalue weighted by Gasteiger charge is 2.54. The number of hydrogen-bond donors (Lipinski definition) is 2. The van der Waals surface area contributed by atoms with E-state index in [4.69, 9.17) is 11.6 Å². The molecule has 0 radical (unpaired) electrons. The average Bonchev–Trinajstić information content (AvgIpc) is 3.12. The average molecular weight is 448 g/mol. The molecule has 164 valence electrons. The summed E-state index contributed by atoms with van der Waals surface area (Å²) in [6.45, 7) is 8.14. The van der Waals surface area contributed by atoms with Gasteiger partial charge in [-0.25, -0.2) is 0 Å². The fourth-order valence-electron chi connectivity index (χ4n) is 5.36. The minimum Gasteiger partial charge on any atom is -0.362 e. The van der Waals surface area contributed by atoms with Gasteiger partial charge in [0.15, 0.2) is 11.3 Å². The highest BCUT2D eigenvalue weighted by atomic mass is 35.5. The second kappa shape index (κ2) is 7.27. The van der Waals surface area contributed by atoms with Crippen molar-refractivity contribution in [2.24, 2.45) is 10.2 Å². The Hall–Kier alpha value is -2.99. The number of hydrogen-bond acceptors (Lipinski definition) is 5. The molecule has 0 saturated carbocycles. The van der Waals surface area contributed by atoms with E-state index in [9.17, 15) is 4.79 Å². The maximum absolute atomic E-state index is 13.5. The third-order valence-electron chi connectivity index (χ3n) is 6.67. The Bertz CT molecular complexity index is 1230. The predicted molar refractivity (Wildman–Crippen MR) is 125 cm³/mol. The Morgan fingerprint density at radius 2 is 1.97 bits per heavy atom. The first-order valence-electron chi connectivity index (χ1n) is 10.9. The van der Waals surface area contributed by atoms with Crippen molar-refractivity contribution in [3.8, 4) is 11.1 Å². The van der Waals surface area contributed by atoms with Gasteiger partial charge in [0.25, 0.3) is 5.91 Å². The molecule has 0 spiro atoms. The summed E-state index contributed by atoms with van der Waals surface area (Å²) in [5, 5.41) is 15.6. The summed E-state index contributed by atoms with van der Waals surface area (Å²) in [6, 6.07) is 12.4. The number of nitrogens with one attached hydrogen (secondary N) is 2. The second-order valence-corrected chi connectivity index (χ2v) is 9.72. The van der Waals surface area contributed by atoms with Gasteiger partial charge in [-0.15, -0.1) is 5.11 Å². The van der Waals surface area contributed by atoms with Crippen LogP contribution in [0.2, 0.25) is 0 Å². The van der Waals surface area contributed by atoms with E-state index in [1.807, 2.05) is 39.1 Å². The maximum atomic E-state index is 13.5. The van der Waals surface area contributed by atoms with Crippen LogP contribution in [-0.4, -0.2) is 22.6 Å². The number of amides is 1. The molecule has 1 amide bonds. The second-order valence-electron chi connectivity index (χ2n) is 9.36. The first-order valence-corrected chi connectivity index (χ1v) is 11.3. The predicted octanol–water partition coefficient (Wildman–Crippen LogP) is 5.10. The van der Waals surface area contributed by atoms with Crippen LogP contribution in [0.25, 0.3) is 11.1 Å². The molecule has 1 aromatic heterocycles. The van der Waals surface area contributed by atoms with Crippen molar-refractivity contribution in [2.45, 2.75) is 57.7 Å². The standard InChI is InChI=1S/C25H26ClN5O/c1-5-25(17-8-6-7-15(12-17)16-9-10-27-14(2)11-16)19-18(13-24(3,4)29-23(19)32)28-22-20(25)21(26)30-31-22/h6-12,22,28H,5,13H2,1-4H3,(H,29,32)/t22?,25-/m1/s1. The number of aryl methyl sites for hydroxylation is 1. The molecular formula is C25H26ClN5O. The lowest BCUT2D eigenvalue weighted by molar-refractivity contribution is -0.120. The minimum atomic E-state index is -0.718. The number of pyridine rings is 1. The Balaban J connectivity index is 1.77. The molecule has 2 N–H and O–H groups in total. The van der Waals surface area contributed by atoms with Crippen LogP contribution in [0.1, 0.15) is 44.9 Å². The molecule has 3 aliphatic heterocycles. The SMILES string of the molecule is CC[C@@]1(c2cccc(-c3ccnc(C)c3)c2)C2=C(CC(C)(C)NC2=O)NC2N=NC(Cl)=C21. The molecule has 5 rings (SSSR count). The Labute approximate surface area is 192 Å². The highest BCUT2D eigenvalue weighted by molar-refractivity contribution is 6.30. The van der Waals surface area contributed by atoms with Gasteiger partial charge in [0.05, 0.1) is 11.0 Å². The highest BCUT2D eigenvalue weighted by Crippen LogP contribution is 2.53. The lowest BCUT2D eigenvalue weighted by atomic mass is 9.62. The fraction of sp³-hybridized carbons (Fsp3) is 0.360. The molecule has 1 aromatic carbocycles. The van der Waals surface area contributed by atoms with Crippen LogP contribution in [0, 0.1) is 6.92 Å². The summed E-state index contributed by atoms with van der Waals surface area (Å²) >= 11 is 6.63. The molecule has 3 aliphatic rings. The summed E-state index contributed by atoms with van der Waals surface area (Å²) < 4.78 is 0. The van der Waals surface area contributed by atoms with Gasteiger partial charge in [-0.3, -0.25) is 9.78 Å². The fourth-order valence-corrected chi connectivity index (χ4v) is 5.67. The molecule has 32 heavy (non-hydrogen) atoms. The number of carbonyl (C=O) groups is 1. The van der Waals surface area contributed by atoms with E-state index in [1.54, 1.807) is 0 Å². The number of nitrogens with zero attached hydrogens (tertiary/aromatic N) is 3. The van der Waals surface area contributed by atoms with Gasteiger partial charge in [-0.05, 0) is 62.1 Å². The summed E-state index contributed by atoms with van der Waals surface area (Å²) in [5.74, 6) is -0.0712. The van der Waals surface area contributed by atoms with Crippen LogP contribution in [0.15, 0.2) is 74.8 Å². The number of carbonyl (C=O) groups excluding carboxylic acids is 1. The van der Waals surface area contributed by atoms with Gasteiger partial charge in [-0.2, -0.15) is 5.11 Å². The van der Waals surface area contributed by atoms with Crippen molar-refractivity contribution in [3.05, 3.63) is 75.9 Å². The largest absolute Gasteiger partial charge is 0.362 e. The zero-order valence-electron chi connectivity index (χ0n) is 18.7. The van der Waals surface area contributed by atoms with E-state index < -0.39 is 5.41 Å². The van der Waals surface area contributed by atoms with Crippen LogP contribution >= 0.6 is 11.6 Å². The van der Waals surface area contributed by atoms with Gasteiger partial charge < -0.3 is 10.6 Å². The summed E-state index contributed by atoms with van der Waals surface area (Å²) in [4.78, 5) is 17.9. The number of aromatic nitrogens is 1. The van der Waals surface area contributed by atoms with Crippen molar-refractivity contribution in [2.75, 3.05) is 0 Å². The summed E-state index contributed by atoms with van der Waals surface area (Å²) in [5.41, 5.74) is 5.55. The van der Waals surface area contributed by atoms with Gasteiger partial charge in [-0.1, -0.05) is 36.7 Å². The van der Waals surface area contributed by atoms with Crippen molar-refractivity contribution in [3.63, 3.8) is 0 Å². The Kier molecular flexibility index (Phi) is 4.75. The lowest BCUT2D eigenvalue weighted by Gasteiger charge is -2.48. The summed E-state index contributed by atoms with van der Waals surface area (Å²) in [6.07, 6.45) is 2.80. The van der Waals surface area contributed by atoms with Crippen LogP contribution in [0.3, 0.4) is 0 Å². The van der Waals surface area contributed by atoms with Gasteiger partial charge in [0.1, 0.15) is 0 Å². The number of benzene rings is 1. The van der Waals surface area contributed by atoms with Crippen molar-refractivity contribution >= 4 is 17.5 Å². The van der Waals surface area contributed by atoms with E-state index in [1.165, 1.54) is 0 Å². The smallest absolute Gasteiger partial charge is 0.250 e.